The van der Waals surface area contributed by atoms with Crippen LogP contribution in [0.15, 0.2) is 36.5 Å². The second kappa shape index (κ2) is 4.47. The summed E-state index contributed by atoms with van der Waals surface area (Å²) in [5.41, 5.74) is 4.54. The van der Waals surface area contributed by atoms with Crippen molar-refractivity contribution >= 4 is 11.6 Å². The minimum Gasteiger partial charge on any atom is -0.327 e. The number of nitrogens with two attached hydrogens (primary N) is 1. The van der Waals surface area contributed by atoms with E-state index in [4.69, 9.17) is 17.3 Å². The summed E-state index contributed by atoms with van der Waals surface area (Å²) in [7, 11) is 1.65. The molecule has 0 aliphatic carbocycles. The van der Waals surface area contributed by atoms with Gasteiger partial charge in [0.25, 0.3) is 0 Å². The van der Waals surface area contributed by atoms with E-state index in [1.54, 1.807) is 31.3 Å². The molecule has 0 aliphatic heterocycles. The number of rotatable bonds is 3. The molecule has 1 aromatic carbocycles. The number of nitrogens with zero attached hydrogens (tertiary/aromatic N) is 2. The van der Waals surface area contributed by atoms with Gasteiger partial charge in [-0.2, -0.15) is 5.10 Å². The zero-order chi connectivity index (χ0) is 12.5. The van der Waals surface area contributed by atoms with Crippen LogP contribution in [0.2, 0.25) is 5.02 Å². The molecule has 1 aromatic heterocycles. The van der Waals surface area contributed by atoms with Gasteiger partial charge in [-0.25, -0.2) is 4.39 Å². The Labute approximate surface area is 104 Å². The summed E-state index contributed by atoms with van der Waals surface area (Å²) in [4.78, 5) is 0. The van der Waals surface area contributed by atoms with Gasteiger partial charge in [0.05, 0.1) is 16.9 Å². The van der Waals surface area contributed by atoms with Crippen molar-refractivity contribution in [2.75, 3.05) is 6.54 Å². The Kier molecular flexibility index (Phi) is 3.17. The van der Waals surface area contributed by atoms with Gasteiger partial charge >= 0.3 is 0 Å². The maximum Gasteiger partial charge on any atom is 0.190 e. The number of benzene rings is 1. The van der Waals surface area contributed by atoms with Crippen molar-refractivity contribution in [3.05, 3.63) is 52.8 Å². The Morgan fingerprint density at radius 1 is 1.41 bits per heavy atom. The fourth-order valence-electron chi connectivity index (χ4n) is 1.91. The number of hydrogen-bond donors (Lipinski definition) is 1. The van der Waals surface area contributed by atoms with Gasteiger partial charge < -0.3 is 5.73 Å². The summed E-state index contributed by atoms with van der Waals surface area (Å²) in [5, 5.41) is 4.23. The molecule has 1 heterocycles. The molecule has 0 fully saturated rings. The molecule has 0 amide bonds. The highest BCUT2D eigenvalue weighted by molar-refractivity contribution is 6.31. The van der Waals surface area contributed by atoms with E-state index in [0.29, 0.717) is 5.56 Å². The quantitative estimate of drug-likeness (QED) is 0.912. The number of halogens is 2. The van der Waals surface area contributed by atoms with Gasteiger partial charge in [-0.05, 0) is 5.56 Å². The van der Waals surface area contributed by atoms with Crippen LogP contribution in [0.4, 0.5) is 4.39 Å². The van der Waals surface area contributed by atoms with Gasteiger partial charge in [-0.1, -0.05) is 41.9 Å². The lowest BCUT2D eigenvalue weighted by Gasteiger charge is -2.24. The van der Waals surface area contributed by atoms with E-state index in [2.05, 4.69) is 5.10 Å². The molecule has 0 saturated heterocycles. The summed E-state index contributed by atoms with van der Waals surface area (Å²) in [6.07, 6.45) is 1.42. The molecule has 3 nitrogen and oxygen atoms in total. The van der Waals surface area contributed by atoms with Gasteiger partial charge in [0.2, 0.25) is 0 Å². The Balaban J connectivity index is 2.60. The van der Waals surface area contributed by atoms with Crippen molar-refractivity contribution < 1.29 is 4.39 Å². The largest absolute Gasteiger partial charge is 0.327 e. The predicted molar refractivity (Wildman–Crippen MR) is 65.6 cm³/mol. The molecule has 2 aromatic rings. The average Bonchev–Trinajstić information content (AvgIpc) is 2.70. The molecule has 0 bridgehead atoms. The summed E-state index contributed by atoms with van der Waals surface area (Å²) in [5.74, 6) is 0. The number of alkyl halides is 1. The topological polar surface area (TPSA) is 43.8 Å². The molecule has 0 saturated carbocycles. The Morgan fingerprint density at radius 2 is 2.06 bits per heavy atom. The Morgan fingerprint density at radius 3 is 2.53 bits per heavy atom. The standard InChI is InChI=1S/C12H13ClFN3/c1-17-11(10(13)7-16-17)12(14,8-15)9-5-3-2-4-6-9/h2-7H,8,15H2,1H3. The van der Waals surface area contributed by atoms with Crippen LogP contribution in [-0.2, 0) is 12.7 Å². The van der Waals surface area contributed by atoms with Gasteiger partial charge in [-0.15, -0.1) is 0 Å². The zero-order valence-electron chi connectivity index (χ0n) is 9.40. The highest BCUT2D eigenvalue weighted by atomic mass is 35.5. The van der Waals surface area contributed by atoms with Crippen LogP contribution in [-0.4, -0.2) is 16.3 Å². The van der Waals surface area contributed by atoms with E-state index in [-0.39, 0.29) is 17.3 Å². The van der Waals surface area contributed by atoms with Gasteiger partial charge in [0.15, 0.2) is 5.67 Å². The van der Waals surface area contributed by atoms with Crippen LogP contribution in [0.1, 0.15) is 11.3 Å². The third kappa shape index (κ3) is 1.94. The summed E-state index contributed by atoms with van der Waals surface area (Å²) >= 11 is 5.98. The van der Waals surface area contributed by atoms with Crippen molar-refractivity contribution in [3.8, 4) is 0 Å². The zero-order valence-corrected chi connectivity index (χ0v) is 10.2. The maximum absolute atomic E-state index is 15.1. The second-order valence-electron chi connectivity index (χ2n) is 3.84. The molecule has 0 aliphatic rings. The smallest absolute Gasteiger partial charge is 0.190 e. The average molecular weight is 254 g/mol. The molecule has 0 radical (unpaired) electrons. The molecule has 5 heteroatoms. The monoisotopic (exact) mass is 253 g/mol. The molecule has 90 valence electrons. The second-order valence-corrected chi connectivity index (χ2v) is 4.24. The van der Waals surface area contributed by atoms with Gasteiger partial charge in [-0.3, -0.25) is 4.68 Å². The lowest BCUT2D eigenvalue weighted by molar-refractivity contribution is 0.218. The van der Waals surface area contributed by atoms with Crippen molar-refractivity contribution in [2.24, 2.45) is 12.8 Å². The van der Waals surface area contributed by atoms with Crippen LogP contribution < -0.4 is 5.73 Å². The molecule has 0 spiro atoms. The van der Waals surface area contributed by atoms with Gasteiger partial charge in [0, 0.05) is 13.6 Å². The van der Waals surface area contributed by atoms with Crippen LogP contribution >= 0.6 is 11.6 Å². The van der Waals surface area contributed by atoms with Crippen LogP contribution in [0.3, 0.4) is 0 Å². The fourth-order valence-corrected chi connectivity index (χ4v) is 2.23. The third-order valence-corrected chi connectivity index (χ3v) is 3.06. The van der Waals surface area contributed by atoms with Crippen molar-refractivity contribution in [1.29, 1.82) is 0 Å². The first kappa shape index (κ1) is 12.1. The number of hydrogen-bond acceptors (Lipinski definition) is 2. The molecule has 1 unspecified atom stereocenters. The highest BCUT2D eigenvalue weighted by Gasteiger charge is 2.37. The summed E-state index contributed by atoms with van der Waals surface area (Å²) in [6.45, 7) is -0.184. The van der Waals surface area contributed by atoms with Gasteiger partial charge in [0.1, 0.15) is 0 Å². The summed E-state index contributed by atoms with van der Waals surface area (Å²) in [6, 6.07) is 8.74. The first-order valence-electron chi connectivity index (χ1n) is 5.22. The van der Waals surface area contributed by atoms with Crippen molar-refractivity contribution in [1.82, 2.24) is 9.78 Å². The van der Waals surface area contributed by atoms with Crippen LogP contribution in [0.5, 0.6) is 0 Å². The minimum absolute atomic E-state index is 0.184. The normalized spacial score (nSPS) is 14.6. The van der Waals surface area contributed by atoms with E-state index in [1.807, 2.05) is 6.07 Å². The minimum atomic E-state index is -1.82. The van der Waals surface area contributed by atoms with Crippen LogP contribution in [0.25, 0.3) is 0 Å². The van der Waals surface area contributed by atoms with E-state index in [1.165, 1.54) is 10.9 Å². The first-order valence-corrected chi connectivity index (χ1v) is 5.60. The first-order chi connectivity index (χ1) is 8.09. The maximum atomic E-state index is 15.1. The van der Waals surface area contributed by atoms with Crippen molar-refractivity contribution in [2.45, 2.75) is 5.67 Å². The van der Waals surface area contributed by atoms with E-state index >= 15 is 4.39 Å². The van der Waals surface area contributed by atoms with E-state index in [9.17, 15) is 0 Å². The highest BCUT2D eigenvalue weighted by Crippen LogP contribution is 2.36. The number of aryl methyl sites for hydroxylation is 1. The fraction of sp³-hybridized carbons (Fsp3) is 0.250. The molecule has 2 rings (SSSR count). The predicted octanol–water partition coefficient (Wildman–Crippen LogP) is 2.25. The van der Waals surface area contributed by atoms with E-state index in [0.717, 1.165) is 0 Å². The van der Waals surface area contributed by atoms with E-state index < -0.39 is 5.67 Å². The lowest BCUT2D eigenvalue weighted by atomic mass is 9.92. The molecule has 1 atom stereocenters. The lowest BCUT2D eigenvalue weighted by Crippen LogP contribution is -2.34. The Hall–Kier alpha value is -1.39. The van der Waals surface area contributed by atoms with Crippen molar-refractivity contribution in [3.63, 3.8) is 0 Å². The molecule has 2 N–H and O–H groups in total. The molecule has 17 heavy (non-hydrogen) atoms. The van der Waals surface area contributed by atoms with Crippen LogP contribution in [0, 0.1) is 0 Å². The third-order valence-electron chi connectivity index (χ3n) is 2.78. The number of aromatic nitrogens is 2. The SMILES string of the molecule is Cn1ncc(Cl)c1C(F)(CN)c1ccccc1. The molecular weight excluding hydrogens is 241 g/mol. The Bertz CT molecular complexity index is 492. The molecular formula is C12H13ClFN3. The summed E-state index contributed by atoms with van der Waals surface area (Å²) < 4.78 is 16.5.